The second-order valence-electron chi connectivity index (χ2n) is 4.08. The predicted molar refractivity (Wildman–Crippen MR) is 64.4 cm³/mol. The number of aryl methyl sites for hydroxylation is 2. The molecule has 0 saturated carbocycles. The fourth-order valence-corrected chi connectivity index (χ4v) is 5.26. The molecule has 4 nitrogen and oxygen atoms in total. The predicted octanol–water partition coefficient (Wildman–Crippen LogP) is 1.37. The summed E-state index contributed by atoms with van der Waals surface area (Å²) < 4.78 is 22.6. The third kappa shape index (κ3) is 2.95. The molecule has 0 aromatic carbocycles. The van der Waals surface area contributed by atoms with E-state index < -0.39 is 9.84 Å². The van der Waals surface area contributed by atoms with Gasteiger partial charge in [-0.05, 0) is 26.3 Å². The van der Waals surface area contributed by atoms with Crippen LogP contribution in [0.15, 0.2) is 11.2 Å². The molecule has 6 heteroatoms. The van der Waals surface area contributed by atoms with Gasteiger partial charge in [0.1, 0.15) is 0 Å². The molecular weight excluding hydrogens is 244 g/mol. The molecule has 1 aromatic rings. The molecule has 1 aliphatic rings. The van der Waals surface area contributed by atoms with Crippen LogP contribution < -0.4 is 0 Å². The largest absolute Gasteiger partial charge is 0.229 e. The molecule has 1 saturated heterocycles. The highest BCUT2D eigenvalue weighted by Crippen LogP contribution is 2.28. The van der Waals surface area contributed by atoms with Crippen LogP contribution in [0.1, 0.15) is 17.8 Å². The van der Waals surface area contributed by atoms with E-state index in [1.165, 1.54) is 11.8 Å². The minimum absolute atomic E-state index is 0.117. The maximum atomic E-state index is 11.3. The molecule has 0 radical (unpaired) electrons. The summed E-state index contributed by atoms with van der Waals surface area (Å²) >= 11 is 1.48. The Balaban J connectivity index is 2.10. The standard InChI is InChI=1S/C10H14N2O2S2/c1-7-5-8(2)12-10(11-7)15-9-3-4-16(13,14)6-9/h5,9H,3-4,6H2,1-2H3. The maximum Gasteiger partial charge on any atom is 0.188 e. The van der Waals surface area contributed by atoms with Gasteiger partial charge in [0.15, 0.2) is 15.0 Å². The molecule has 1 unspecified atom stereocenters. The highest BCUT2D eigenvalue weighted by Gasteiger charge is 2.29. The summed E-state index contributed by atoms with van der Waals surface area (Å²) in [6.07, 6.45) is 0.712. The van der Waals surface area contributed by atoms with Crippen LogP contribution in [-0.2, 0) is 9.84 Å². The summed E-state index contributed by atoms with van der Waals surface area (Å²) in [6, 6.07) is 1.91. The van der Waals surface area contributed by atoms with Crippen molar-refractivity contribution in [3.05, 3.63) is 17.5 Å². The molecular formula is C10H14N2O2S2. The smallest absolute Gasteiger partial charge is 0.188 e. The quantitative estimate of drug-likeness (QED) is 0.750. The molecule has 88 valence electrons. The number of aromatic nitrogens is 2. The van der Waals surface area contributed by atoms with Crippen LogP contribution in [0, 0.1) is 13.8 Å². The van der Waals surface area contributed by atoms with Crippen LogP contribution in [0.25, 0.3) is 0 Å². The summed E-state index contributed by atoms with van der Waals surface area (Å²) in [5.41, 5.74) is 1.85. The van der Waals surface area contributed by atoms with Gasteiger partial charge in [0, 0.05) is 16.6 Å². The Hall–Kier alpha value is -0.620. The van der Waals surface area contributed by atoms with E-state index in [1.807, 2.05) is 19.9 Å². The molecule has 0 bridgehead atoms. The summed E-state index contributed by atoms with van der Waals surface area (Å²) in [6.45, 7) is 3.84. The average molecular weight is 258 g/mol. The van der Waals surface area contributed by atoms with Crippen molar-refractivity contribution < 1.29 is 8.42 Å². The Bertz CT molecular complexity index is 479. The Morgan fingerprint density at radius 2 is 1.94 bits per heavy atom. The molecule has 0 spiro atoms. The van der Waals surface area contributed by atoms with Gasteiger partial charge in [0.05, 0.1) is 11.5 Å². The lowest BCUT2D eigenvalue weighted by Gasteiger charge is -2.06. The summed E-state index contributed by atoms with van der Waals surface area (Å²) in [4.78, 5) is 8.60. The zero-order valence-corrected chi connectivity index (χ0v) is 10.9. The minimum Gasteiger partial charge on any atom is -0.229 e. The number of hydrogen-bond donors (Lipinski definition) is 0. The van der Waals surface area contributed by atoms with Gasteiger partial charge < -0.3 is 0 Å². The molecule has 16 heavy (non-hydrogen) atoms. The molecule has 1 aliphatic heterocycles. The van der Waals surface area contributed by atoms with Crippen molar-refractivity contribution in [3.8, 4) is 0 Å². The van der Waals surface area contributed by atoms with Gasteiger partial charge in [-0.25, -0.2) is 18.4 Å². The first kappa shape index (κ1) is 11.9. The Morgan fingerprint density at radius 3 is 2.44 bits per heavy atom. The van der Waals surface area contributed by atoms with E-state index in [-0.39, 0.29) is 11.0 Å². The lowest BCUT2D eigenvalue weighted by molar-refractivity contribution is 0.602. The van der Waals surface area contributed by atoms with E-state index in [0.29, 0.717) is 17.3 Å². The molecule has 1 atom stereocenters. The van der Waals surface area contributed by atoms with Gasteiger partial charge in [-0.15, -0.1) is 0 Å². The lowest BCUT2D eigenvalue weighted by atomic mass is 10.4. The molecule has 1 aromatic heterocycles. The van der Waals surface area contributed by atoms with Gasteiger partial charge >= 0.3 is 0 Å². The van der Waals surface area contributed by atoms with Crippen molar-refractivity contribution in [2.24, 2.45) is 0 Å². The number of hydrogen-bond acceptors (Lipinski definition) is 5. The molecule has 0 N–H and O–H groups in total. The van der Waals surface area contributed by atoms with Crippen LogP contribution in [0.4, 0.5) is 0 Å². The first-order valence-corrected chi connectivity index (χ1v) is 7.84. The van der Waals surface area contributed by atoms with Crippen molar-refractivity contribution >= 4 is 21.6 Å². The first-order valence-electron chi connectivity index (χ1n) is 5.14. The fraction of sp³-hybridized carbons (Fsp3) is 0.600. The minimum atomic E-state index is -2.81. The second-order valence-corrected chi connectivity index (χ2v) is 7.57. The topological polar surface area (TPSA) is 59.9 Å². The third-order valence-electron chi connectivity index (χ3n) is 2.42. The number of rotatable bonds is 2. The average Bonchev–Trinajstić information content (AvgIpc) is 2.43. The Labute approximate surface area is 99.8 Å². The van der Waals surface area contributed by atoms with E-state index in [9.17, 15) is 8.42 Å². The zero-order valence-electron chi connectivity index (χ0n) is 9.30. The van der Waals surface area contributed by atoms with Crippen LogP contribution in [0.5, 0.6) is 0 Å². The molecule has 2 rings (SSSR count). The number of sulfone groups is 1. The molecule has 0 amide bonds. The first-order chi connectivity index (χ1) is 7.44. The Kier molecular flexibility index (Phi) is 3.21. The van der Waals surface area contributed by atoms with Gasteiger partial charge in [0.25, 0.3) is 0 Å². The van der Waals surface area contributed by atoms with Crippen molar-refractivity contribution in [2.75, 3.05) is 11.5 Å². The summed E-state index contributed by atoms with van der Waals surface area (Å²) in [5, 5.41) is 0.811. The van der Waals surface area contributed by atoms with E-state index in [4.69, 9.17) is 0 Å². The lowest BCUT2D eigenvalue weighted by Crippen LogP contribution is -2.07. The van der Waals surface area contributed by atoms with Crippen molar-refractivity contribution in [3.63, 3.8) is 0 Å². The van der Waals surface area contributed by atoms with E-state index in [0.717, 1.165) is 11.4 Å². The van der Waals surface area contributed by atoms with Crippen molar-refractivity contribution in [1.29, 1.82) is 0 Å². The van der Waals surface area contributed by atoms with Crippen LogP contribution in [-0.4, -0.2) is 35.1 Å². The monoisotopic (exact) mass is 258 g/mol. The number of thioether (sulfide) groups is 1. The second kappa shape index (κ2) is 4.33. The van der Waals surface area contributed by atoms with E-state index in [1.54, 1.807) is 0 Å². The van der Waals surface area contributed by atoms with Gasteiger partial charge in [-0.2, -0.15) is 0 Å². The maximum absolute atomic E-state index is 11.3. The SMILES string of the molecule is Cc1cc(C)nc(SC2CCS(=O)(=O)C2)n1. The fourth-order valence-electron chi connectivity index (χ4n) is 1.75. The molecule has 2 heterocycles. The van der Waals surface area contributed by atoms with Crippen molar-refractivity contribution in [1.82, 2.24) is 9.97 Å². The van der Waals surface area contributed by atoms with E-state index in [2.05, 4.69) is 9.97 Å². The summed E-state index contributed by atoms with van der Waals surface area (Å²) in [7, 11) is -2.81. The van der Waals surface area contributed by atoms with Crippen molar-refractivity contribution in [2.45, 2.75) is 30.7 Å². The highest BCUT2D eigenvalue weighted by atomic mass is 32.2. The van der Waals surface area contributed by atoms with Gasteiger partial charge in [-0.1, -0.05) is 11.8 Å². The normalized spacial score (nSPS) is 23.5. The Morgan fingerprint density at radius 1 is 1.31 bits per heavy atom. The zero-order chi connectivity index (χ0) is 11.8. The highest BCUT2D eigenvalue weighted by molar-refractivity contribution is 8.01. The molecule has 0 aliphatic carbocycles. The number of nitrogens with zero attached hydrogens (tertiary/aromatic N) is 2. The van der Waals surface area contributed by atoms with Crippen LogP contribution in [0.2, 0.25) is 0 Å². The molecule has 1 fully saturated rings. The van der Waals surface area contributed by atoms with Gasteiger partial charge in [-0.3, -0.25) is 0 Å². The summed E-state index contributed by atoms with van der Waals surface area (Å²) in [5.74, 6) is 0.559. The van der Waals surface area contributed by atoms with Gasteiger partial charge in [0.2, 0.25) is 0 Å². The van der Waals surface area contributed by atoms with E-state index >= 15 is 0 Å². The van der Waals surface area contributed by atoms with Crippen LogP contribution >= 0.6 is 11.8 Å². The third-order valence-corrected chi connectivity index (χ3v) is 5.53. The van der Waals surface area contributed by atoms with Crippen LogP contribution in [0.3, 0.4) is 0 Å².